The van der Waals surface area contributed by atoms with Crippen LogP contribution in [-0.2, 0) is 11.3 Å². The number of carbonyl (C=O) groups excluding carboxylic acids is 2. The monoisotopic (exact) mass is 387 g/mol. The van der Waals surface area contributed by atoms with E-state index in [9.17, 15) is 14.0 Å². The van der Waals surface area contributed by atoms with Crippen LogP contribution in [0.4, 0.5) is 4.39 Å². The van der Waals surface area contributed by atoms with Crippen molar-refractivity contribution >= 4 is 11.8 Å². The first-order valence-electron chi connectivity index (χ1n) is 9.54. The van der Waals surface area contributed by atoms with E-state index in [0.717, 1.165) is 5.56 Å². The van der Waals surface area contributed by atoms with Crippen molar-refractivity contribution in [2.24, 2.45) is 5.92 Å². The zero-order chi connectivity index (χ0) is 20.4. The van der Waals surface area contributed by atoms with Crippen LogP contribution in [0.1, 0.15) is 47.6 Å². The van der Waals surface area contributed by atoms with Gasteiger partial charge in [0, 0.05) is 26.1 Å². The number of amides is 2. The van der Waals surface area contributed by atoms with Crippen LogP contribution < -0.4 is 0 Å². The minimum atomic E-state index is -0.303. The first-order valence-corrected chi connectivity index (χ1v) is 9.54. The van der Waals surface area contributed by atoms with Crippen LogP contribution in [0.3, 0.4) is 0 Å². The Hall–Kier alpha value is -2.70. The Labute approximate surface area is 164 Å². The molecule has 2 amide bonds. The maximum absolute atomic E-state index is 13.2. The molecule has 1 atom stereocenters. The number of hydrogen-bond acceptors (Lipinski definition) is 4. The van der Waals surface area contributed by atoms with E-state index in [2.05, 4.69) is 5.16 Å². The van der Waals surface area contributed by atoms with Crippen molar-refractivity contribution in [3.63, 3.8) is 0 Å². The fourth-order valence-electron chi connectivity index (χ4n) is 3.67. The molecule has 0 saturated carbocycles. The van der Waals surface area contributed by atoms with Crippen molar-refractivity contribution in [2.45, 2.75) is 46.7 Å². The summed E-state index contributed by atoms with van der Waals surface area (Å²) >= 11 is 0. The average Bonchev–Trinajstić information content (AvgIpc) is 2.89. The van der Waals surface area contributed by atoms with Gasteiger partial charge in [0.05, 0.1) is 11.7 Å². The van der Waals surface area contributed by atoms with E-state index in [-0.39, 0.29) is 36.0 Å². The summed E-state index contributed by atoms with van der Waals surface area (Å²) in [5, 5.41) is 3.87. The lowest BCUT2D eigenvalue weighted by Gasteiger charge is -2.34. The molecule has 1 fully saturated rings. The van der Waals surface area contributed by atoms with Crippen LogP contribution in [-0.4, -0.2) is 45.9 Å². The molecule has 150 valence electrons. The number of aromatic nitrogens is 1. The van der Waals surface area contributed by atoms with Crippen LogP contribution in [0.5, 0.6) is 0 Å². The van der Waals surface area contributed by atoms with Crippen LogP contribution in [0.25, 0.3) is 0 Å². The highest BCUT2D eigenvalue weighted by molar-refractivity contribution is 5.96. The maximum Gasteiger partial charge on any atom is 0.259 e. The molecule has 6 nitrogen and oxygen atoms in total. The van der Waals surface area contributed by atoms with Gasteiger partial charge in [0.2, 0.25) is 5.91 Å². The van der Waals surface area contributed by atoms with Gasteiger partial charge in [-0.05, 0) is 37.5 Å². The van der Waals surface area contributed by atoms with Crippen LogP contribution >= 0.6 is 0 Å². The molecule has 1 aromatic heterocycles. The second-order valence-corrected chi connectivity index (χ2v) is 7.66. The first kappa shape index (κ1) is 20.0. The summed E-state index contributed by atoms with van der Waals surface area (Å²) in [7, 11) is 0. The summed E-state index contributed by atoms with van der Waals surface area (Å²) in [6.07, 6.45) is 0.250. The molecule has 1 aliphatic heterocycles. The second-order valence-electron chi connectivity index (χ2n) is 7.66. The molecule has 28 heavy (non-hydrogen) atoms. The predicted octanol–water partition coefficient (Wildman–Crippen LogP) is 3.33. The number of benzene rings is 1. The zero-order valence-corrected chi connectivity index (χ0v) is 16.7. The molecule has 1 aromatic carbocycles. The smallest absolute Gasteiger partial charge is 0.259 e. The maximum atomic E-state index is 13.2. The number of halogens is 1. The van der Waals surface area contributed by atoms with Crippen molar-refractivity contribution in [1.29, 1.82) is 0 Å². The molecule has 2 heterocycles. The minimum absolute atomic E-state index is 0.00270. The molecule has 0 spiro atoms. The molecule has 0 N–H and O–H groups in total. The zero-order valence-electron chi connectivity index (χ0n) is 16.7. The summed E-state index contributed by atoms with van der Waals surface area (Å²) in [5.74, 6) is 0.183. The third kappa shape index (κ3) is 4.08. The third-order valence-electron chi connectivity index (χ3n) is 5.29. The van der Waals surface area contributed by atoms with Gasteiger partial charge >= 0.3 is 0 Å². The molecular weight excluding hydrogens is 361 g/mol. The lowest BCUT2D eigenvalue weighted by molar-refractivity contribution is -0.134. The normalized spacial score (nSPS) is 17.9. The summed E-state index contributed by atoms with van der Waals surface area (Å²) in [5.41, 5.74) is 1.90. The summed E-state index contributed by atoms with van der Waals surface area (Å²) in [4.78, 5) is 29.5. The number of nitrogens with zero attached hydrogens (tertiary/aromatic N) is 3. The predicted molar refractivity (Wildman–Crippen MR) is 102 cm³/mol. The third-order valence-corrected chi connectivity index (χ3v) is 5.29. The Bertz CT molecular complexity index is 841. The van der Waals surface area contributed by atoms with Gasteiger partial charge in [-0.1, -0.05) is 31.1 Å². The van der Waals surface area contributed by atoms with Gasteiger partial charge in [-0.2, -0.15) is 0 Å². The van der Waals surface area contributed by atoms with Crippen LogP contribution in [0, 0.1) is 25.6 Å². The van der Waals surface area contributed by atoms with Crippen molar-refractivity contribution in [3.8, 4) is 0 Å². The minimum Gasteiger partial charge on any atom is -0.361 e. The molecular formula is C21H26FN3O3. The Morgan fingerprint density at radius 2 is 1.96 bits per heavy atom. The first-order chi connectivity index (χ1) is 13.3. The quantitative estimate of drug-likeness (QED) is 0.807. The SMILES string of the molecule is Cc1noc(C)c1C(=O)N1CCC(=O)N(Cc2ccc(F)cc2)[C@@H](C(C)C)C1. The molecule has 1 saturated heterocycles. The van der Waals surface area contributed by atoms with E-state index < -0.39 is 0 Å². The van der Waals surface area contributed by atoms with Crippen molar-refractivity contribution in [2.75, 3.05) is 13.1 Å². The van der Waals surface area contributed by atoms with Gasteiger partial charge in [0.25, 0.3) is 5.91 Å². The standard InChI is InChI=1S/C21H26FN3O3/c1-13(2)18-12-24(21(27)20-14(3)23-28-15(20)4)10-9-19(26)25(18)11-16-5-7-17(22)8-6-16/h5-8,13,18H,9-12H2,1-4H3/t18-/m1/s1. The van der Waals surface area contributed by atoms with E-state index in [1.54, 1.807) is 30.9 Å². The van der Waals surface area contributed by atoms with Crippen LogP contribution in [0.2, 0.25) is 0 Å². The fourth-order valence-corrected chi connectivity index (χ4v) is 3.67. The van der Waals surface area contributed by atoms with Gasteiger partial charge in [0.15, 0.2) is 0 Å². The van der Waals surface area contributed by atoms with E-state index >= 15 is 0 Å². The molecule has 0 aliphatic carbocycles. The molecule has 0 radical (unpaired) electrons. The number of aryl methyl sites for hydroxylation is 2. The highest BCUT2D eigenvalue weighted by Crippen LogP contribution is 2.23. The van der Waals surface area contributed by atoms with Gasteiger partial charge in [0.1, 0.15) is 17.1 Å². The van der Waals surface area contributed by atoms with Crippen molar-refractivity contribution in [1.82, 2.24) is 15.0 Å². The fraction of sp³-hybridized carbons (Fsp3) is 0.476. The van der Waals surface area contributed by atoms with E-state index in [1.165, 1.54) is 12.1 Å². The summed E-state index contributed by atoms with van der Waals surface area (Å²) in [6, 6.07) is 6.05. The molecule has 0 bridgehead atoms. The van der Waals surface area contributed by atoms with Gasteiger partial charge < -0.3 is 14.3 Å². The topological polar surface area (TPSA) is 66.7 Å². The van der Waals surface area contributed by atoms with Gasteiger partial charge in [-0.25, -0.2) is 4.39 Å². The largest absolute Gasteiger partial charge is 0.361 e. The summed E-state index contributed by atoms with van der Waals surface area (Å²) < 4.78 is 18.4. The van der Waals surface area contributed by atoms with Crippen molar-refractivity contribution < 1.29 is 18.5 Å². The van der Waals surface area contributed by atoms with E-state index in [0.29, 0.717) is 36.7 Å². The van der Waals surface area contributed by atoms with Gasteiger partial charge in [-0.3, -0.25) is 9.59 Å². The Balaban J connectivity index is 1.85. The molecule has 7 heteroatoms. The van der Waals surface area contributed by atoms with Gasteiger partial charge in [-0.15, -0.1) is 0 Å². The van der Waals surface area contributed by atoms with E-state index in [1.807, 2.05) is 18.7 Å². The number of rotatable bonds is 4. The molecule has 0 unspecified atom stereocenters. The number of hydrogen-bond donors (Lipinski definition) is 0. The Morgan fingerprint density at radius 1 is 1.29 bits per heavy atom. The highest BCUT2D eigenvalue weighted by atomic mass is 19.1. The molecule has 1 aliphatic rings. The Kier molecular flexibility index (Phi) is 5.82. The molecule has 3 rings (SSSR count). The lowest BCUT2D eigenvalue weighted by atomic mass is 10.0. The van der Waals surface area contributed by atoms with Crippen LogP contribution in [0.15, 0.2) is 28.8 Å². The second kappa shape index (κ2) is 8.12. The molecule has 2 aromatic rings. The Morgan fingerprint density at radius 3 is 2.54 bits per heavy atom. The highest BCUT2D eigenvalue weighted by Gasteiger charge is 2.35. The average molecular weight is 387 g/mol. The number of carbonyl (C=O) groups is 2. The lowest BCUT2D eigenvalue weighted by Crippen LogP contribution is -2.47. The van der Waals surface area contributed by atoms with Crippen molar-refractivity contribution in [3.05, 3.63) is 52.7 Å². The van der Waals surface area contributed by atoms with E-state index in [4.69, 9.17) is 4.52 Å². The summed E-state index contributed by atoms with van der Waals surface area (Å²) in [6.45, 7) is 8.73.